The van der Waals surface area contributed by atoms with E-state index >= 15 is 0 Å². The Morgan fingerprint density at radius 2 is 1.71 bits per heavy atom. The lowest BCUT2D eigenvalue weighted by atomic mass is 9.98. The molecule has 21 heavy (non-hydrogen) atoms. The molecule has 2 rings (SSSR count). The molecule has 0 spiro atoms. The van der Waals surface area contributed by atoms with E-state index in [4.69, 9.17) is 0 Å². The van der Waals surface area contributed by atoms with Crippen molar-refractivity contribution in [1.29, 1.82) is 0 Å². The number of nitrogens with one attached hydrogen (secondary N) is 1. The Balaban J connectivity index is 2.11. The molecule has 1 N–H and O–H groups in total. The van der Waals surface area contributed by atoms with Crippen LogP contribution in [0.2, 0.25) is 0 Å². The first-order chi connectivity index (χ1) is 10.2. The minimum absolute atomic E-state index is 0.128. The van der Waals surface area contributed by atoms with E-state index in [0.29, 0.717) is 6.04 Å². The van der Waals surface area contributed by atoms with Gasteiger partial charge in [-0.25, -0.2) is 4.39 Å². The number of benzene rings is 2. The first-order valence-electron chi connectivity index (χ1n) is 7.77. The number of hydrogen-bond donors (Lipinski definition) is 1. The smallest absolute Gasteiger partial charge is 0.123 e. The summed E-state index contributed by atoms with van der Waals surface area (Å²) in [5.41, 5.74) is 2.29. The Morgan fingerprint density at radius 1 is 1.00 bits per heavy atom. The molecule has 2 heteroatoms. The maximum Gasteiger partial charge on any atom is 0.123 e. The van der Waals surface area contributed by atoms with Crippen molar-refractivity contribution in [3.8, 4) is 0 Å². The standard InChI is InChI=1S/C19H24FN/c1-3-4-13-19(16-9-6-5-7-10-16)21-15(2)17-11-8-12-18(20)14-17/h5-12,14-15,19,21H,3-4,13H2,1-2H3. The van der Waals surface area contributed by atoms with E-state index in [0.717, 1.165) is 12.0 Å². The van der Waals surface area contributed by atoms with Crippen LogP contribution in [-0.2, 0) is 0 Å². The summed E-state index contributed by atoms with van der Waals surface area (Å²) in [4.78, 5) is 0. The molecule has 0 aromatic heterocycles. The molecule has 2 atom stereocenters. The van der Waals surface area contributed by atoms with Crippen LogP contribution in [0.5, 0.6) is 0 Å². The van der Waals surface area contributed by atoms with Gasteiger partial charge < -0.3 is 5.32 Å². The van der Waals surface area contributed by atoms with Crippen molar-refractivity contribution in [3.63, 3.8) is 0 Å². The second-order valence-electron chi connectivity index (χ2n) is 5.55. The zero-order valence-electron chi connectivity index (χ0n) is 12.9. The first-order valence-corrected chi connectivity index (χ1v) is 7.77. The molecule has 0 radical (unpaired) electrons. The average Bonchev–Trinajstić information content (AvgIpc) is 2.52. The van der Waals surface area contributed by atoms with E-state index in [1.807, 2.05) is 12.1 Å². The lowest BCUT2D eigenvalue weighted by Gasteiger charge is -2.24. The highest BCUT2D eigenvalue weighted by molar-refractivity contribution is 5.22. The summed E-state index contributed by atoms with van der Waals surface area (Å²) in [5.74, 6) is -0.175. The summed E-state index contributed by atoms with van der Waals surface area (Å²) in [6.07, 6.45) is 3.46. The summed E-state index contributed by atoms with van der Waals surface area (Å²) in [5, 5.41) is 3.64. The minimum atomic E-state index is -0.175. The fourth-order valence-electron chi connectivity index (χ4n) is 2.61. The molecule has 2 unspecified atom stereocenters. The Bertz CT molecular complexity index is 538. The van der Waals surface area contributed by atoms with Gasteiger partial charge in [-0.2, -0.15) is 0 Å². The summed E-state index contributed by atoms with van der Waals surface area (Å²) in [7, 11) is 0. The van der Waals surface area contributed by atoms with Crippen LogP contribution in [0.3, 0.4) is 0 Å². The van der Waals surface area contributed by atoms with Crippen molar-refractivity contribution in [2.75, 3.05) is 0 Å². The Morgan fingerprint density at radius 3 is 2.38 bits per heavy atom. The maximum atomic E-state index is 13.4. The van der Waals surface area contributed by atoms with E-state index in [1.54, 1.807) is 12.1 Å². The third kappa shape index (κ3) is 4.68. The summed E-state index contributed by atoms with van der Waals surface area (Å²) < 4.78 is 13.4. The molecule has 0 aliphatic carbocycles. The Hall–Kier alpha value is -1.67. The van der Waals surface area contributed by atoms with Gasteiger partial charge in [0.1, 0.15) is 5.82 Å². The SMILES string of the molecule is CCCCC(NC(C)c1cccc(F)c1)c1ccccc1. The molecular formula is C19H24FN. The molecule has 0 heterocycles. The van der Waals surface area contributed by atoms with Gasteiger partial charge in [0.25, 0.3) is 0 Å². The van der Waals surface area contributed by atoms with Gasteiger partial charge in [-0.05, 0) is 36.6 Å². The largest absolute Gasteiger partial charge is 0.303 e. The molecule has 0 fully saturated rings. The van der Waals surface area contributed by atoms with Gasteiger partial charge in [0.05, 0.1) is 0 Å². The van der Waals surface area contributed by atoms with Crippen LogP contribution < -0.4 is 5.32 Å². The highest BCUT2D eigenvalue weighted by Crippen LogP contribution is 2.24. The molecule has 0 saturated carbocycles. The molecule has 0 aliphatic rings. The van der Waals surface area contributed by atoms with Crippen molar-refractivity contribution in [3.05, 3.63) is 71.5 Å². The molecule has 0 saturated heterocycles. The van der Waals surface area contributed by atoms with Gasteiger partial charge in [0.15, 0.2) is 0 Å². The van der Waals surface area contributed by atoms with E-state index in [1.165, 1.54) is 24.5 Å². The normalized spacial score (nSPS) is 13.9. The van der Waals surface area contributed by atoms with E-state index in [9.17, 15) is 4.39 Å². The molecule has 1 nitrogen and oxygen atoms in total. The predicted molar refractivity (Wildman–Crippen MR) is 86.7 cm³/mol. The Kier molecular flexibility index (Phi) is 5.94. The van der Waals surface area contributed by atoms with Gasteiger partial charge >= 0.3 is 0 Å². The topological polar surface area (TPSA) is 12.0 Å². The van der Waals surface area contributed by atoms with Crippen LogP contribution in [0.1, 0.15) is 56.3 Å². The lowest BCUT2D eigenvalue weighted by molar-refractivity contribution is 0.430. The van der Waals surface area contributed by atoms with Gasteiger partial charge in [0, 0.05) is 12.1 Å². The van der Waals surface area contributed by atoms with Crippen LogP contribution in [0, 0.1) is 5.82 Å². The number of halogens is 1. The Labute approximate surface area is 127 Å². The van der Waals surface area contributed by atoms with E-state index < -0.39 is 0 Å². The molecule has 2 aromatic rings. The fourth-order valence-corrected chi connectivity index (χ4v) is 2.61. The number of unbranched alkanes of at least 4 members (excludes halogenated alkanes) is 1. The van der Waals surface area contributed by atoms with Gasteiger partial charge in [-0.15, -0.1) is 0 Å². The highest BCUT2D eigenvalue weighted by Gasteiger charge is 2.15. The molecular weight excluding hydrogens is 261 g/mol. The van der Waals surface area contributed by atoms with Crippen LogP contribution in [0.4, 0.5) is 4.39 Å². The molecule has 2 aromatic carbocycles. The zero-order valence-corrected chi connectivity index (χ0v) is 12.9. The first kappa shape index (κ1) is 15.7. The van der Waals surface area contributed by atoms with Crippen LogP contribution in [0.25, 0.3) is 0 Å². The van der Waals surface area contributed by atoms with Crippen molar-refractivity contribution >= 4 is 0 Å². The molecule has 0 bridgehead atoms. The van der Waals surface area contributed by atoms with Gasteiger partial charge in [-0.3, -0.25) is 0 Å². The fraction of sp³-hybridized carbons (Fsp3) is 0.368. The van der Waals surface area contributed by atoms with E-state index in [2.05, 4.69) is 43.4 Å². The monoisotopic (exact) mass is 285 g/mol. The number of hydrogen-bond acceptors (Lipinski definition) is 1. The summed E-state index contributed by atoms with van der Waals surface area (Å²) in [6, 6.07) is 17.8. The number of rotatable bonds is 7. The third-order valence-electron chi connectivity index (χ3n) is 3.85. The lowest BCUT2D eigenvalue weighted by Crippen LogP contribution is -2.24. The van der Waals surface area contributed by atoms with Crippen molar-refractivity contribution in [1.82, 2.24) is 5.32 Å². The average molecular weight is 285 g/mol. The van der Waals surface area contributed by atoms with Crippen LogP contribution in [-0.4, -0.2) is 0 Å². The molecule has 112 valence electrons. The van der Waals surface area contributed by atoms with Crippen molar-refractivity contribution in [2.24, 2.45) is 0 Å². The van der Waals surface area contributed by atoms with Crippen molar-refractivity contribution < 1.29 is 4.39 Å². The summed E-state index contributed by atoms with van der Waals surface area (Å²) >= 11 is 0. The van der Waals surface area contributed by atoms with E-state index in [-0.39, 0.29) is 11.9 Å². The zero-order chi connectivity index (χ0) is 15.1. The molecule has 0 aliphatic heterocycles. The second-order valence-corrected chi connectivity index (χ2v) is 5.55. The van der Waals surface area contributed by atoms with Crippen LogP contribution >= 0.6 is 0 Å². The minimum Gasteiger partial charge on any atom is -0.303 e. The van der Waals surface area contributed by atoms with Crippen molar-refractivity contribution in [2.45, 2.75) is 45.2 Å². The maximum absolute atomic E-state index is 13.4. The van der Waals surface area contributed by atoms with Gasteiger partial charge in [-0.1, -0.05) is 62.2 Å². The summed E-state index contributed by atoms with van der Waals surface area (Å²) in [6.45, 7) is 4.30. The highest BCUT2D eigenvalue weighted by atomic mass is 19.1. The molecule has 0 amide bonds. The quantitative estimate of drug-likeness (QED) is 0.717. The third-order valence-corrected chi connectivity index (χ3v) is 3.85. The van der Waals surface area contributed by atoms with Crippen LogP contribution in [0.15, 0.2) is 54.6 Å². The van der Waals surface area contributed by atoms with Gasteiger partial charge in [0.2, 0.25) is 0 Å². The predicted octanol–water partition coefficient (Wildman–Crippen LogP) is 5.41. The second kappa shape index (κ2) is 7.94.